The molecule has 3 aromatic rings. The number of para-hydroxylation sites is 1. The Hall–Kier alpha value is -2.85. The molecule has 4 rings (SSSR count). The van der Waals surface area contributed by atoms with E-state index in [9.17, 15) is 9.59 Å². The third-order valence-electron chi connectivity index (χ3n) is 4.99. The molecule has 1 aromatic carbocycles. The van der Waals surface area contributed by atoms with Gasteiger partial charge < -0.3 is 14.2 Å². The maximum atomic E-state index is 12.6. The summed E-state index contributed by atoms with van der Waals surface area (Å²) in [5.74, 6) is 1.34. The third kappa shape index (κ3) is 5.26. The molecule has 0 saturated carbocycles. The van der Waals surface area contributed by atoms with Gasteiger partial charge in [-0.15, -0.1) is 10.2 Å². The smallest absolute Gasteiger partial charge is 0.261 e. The average molecular weight is 458 g/mol. The number of amides is 2. The topological polar surface area (TPSA) is 91.6 Å². The molecule has 0 bridgehead atoms. The standard InChI is InChI=1S/C21H23N5O3S2/c1-14-12-17(15(2)29-14)19(28)22-20-23-24-21(31-20)30-13-18(27)26-10-8-25(9-11-26)16-6-4-3-5-7-16/h3-7,12H,8-11,13H2,1-2H3,(H,22,23,28). The van der Waals surface area contributed by atoms with Gasteiger partial charge >= 0.3 is 0 Å². The highest BCUT2D eigenvalue weighted by molar-refractivity contribution is 8.01. The van der Waals surface area contributed by atoms with Crippen molar-refractivity contribution in [3.63, 3.8) is 0 Å². The summed E-state index contributed by atoms with van der Waals surface area (Å²) in [6.07, 6.45) is 0. The molecule has 1 aliphatic rings. The number of hydrogen-bond donors (Lipinski definition) is 1. The molecule has 1 saturated heterocycles. The van der Waals surface area contributed by atoms with Crippen LogP contribution in [0, 0.1) is 13.8 Å². The van der Waals surface area contributed by atoms with E-state index in [1.807, 2.05) is 23.1 Å². The van der Waals surface area contributed by atoms with Crippen molar-refractivity contribution in [2.75, 3.05) is 42.1 Å². The van der Waals surface area contributed by atoms with Gasteiger partial charge in [0.15, 0.2) is 4.34 Å². The van der Waals surface area contributed by atoms with Crippen molar-refractivity contribution in [2.45, 2.75) is 18.2 Å². The molecular weight excluding hydrogens is 434 g/mol. The second-order valence-corrected chi connectivity index (χ2v) is 9.35. The van der Waals surface area contributed by atoms with Crippen LogP contribution in [0.4, 0.5) is 10.8 Å². The molecule has 1 N–H and O–H groups in total. The van der Waals surface area contributed by atoms with Crippen LogP contribution >= 0.6 is 23.1 Å². The van der Waals surface area contributed by atoms with Gasteiger partial charge in [-0.25, -0.2) is 0 Å². The number of nitrogens with zero attached hydrogens (tertiary/aromatic N) is 4. The Morgan fingerprint density at radius 3 is 2.55 bits per heavy atom. The lowest BCUT2D eigenvalue weighted by molar-refractivity contribution is -0.128. The number of carbonyl (C=O) groups excluding carboxylic acids is 2. The van der Waals surface area contributed by atoms with Gasteiger partial charge in [0.05, 0.1) is 11.3 Å². The first-order valence-corrected chi connectivity index (χ1v) is 11.7. The van der Waals surface area contributed by atoms with Crippen LogP contribution in [0.25, 0.3) is 0 Å². The maximum Gasteiger partial charge on any atom is 0.261 e. The van der Waals surface area contributed by atoms with E-state index in [1.165, 1.54) is 28.8 Å². The van der Waals surface area contributed by atoms with Gasteiger partial charge in [0.25, 0.3) is 5.91 Å². The summed E-state index contributed by atoms with van der Waals surface area (Å²) >= 11 is 2.59. The van der Waals surface area contributed by atoms with Crippen LogP contribution in [0.1, 0.15) is 21.9 Å². The Kier molecular flexibility index (Phi) is 6.57. The summed E-state index contributed by atoms with van der Waals surface area (Å²) in [5, 5.41) is 11.2. The summed E-state index contributed by atoms with van der Waals surface area (Å²) in [6.45, 7) is 6.59. The van der Waals surface area contributed by atoms with Crippen molar-refractivity contribution in [1.82, 2.24) is 15.1 Å². The van der Waals surface area contributed by atoms with E-state index in [0.29, 0.717) is 45.4 Å². The number of rotatable bonds is 6. The average Bonchev–Trinajstić information content (AvgIpc) is 3.37. The van der Waals surface area contributed by atoms with E-state index in [4.69, 9.17) is 4.42 Å². The molecule has 162 valence electrons. The molecular formula is C21H23N5O3S2. The van der Waals surface area contributed by atoms with Crippen LogP contribution in [-0.4, -0.2) is 58.8 Å². The zero-order chi connectivity index (χ0) is 21.8. The molecule has 1 fully saturated rings. The Labute approximate surface area is 188 Å². The number of carbonyl (C=O) groups is 2. The highest BCUT2D eigenvalue weighted by atomic mass is 32.2. The number of anilines is 2. The number of aryl methyl sites for hydroxylation is 2. The van der Waals surface area contributed by atoms with Crippen LogP contribution in [0.2, 0.25) is 0 Å². The molecule has 8 nitrogen and oxygen atoms in total. The summed E-state index contributed by atoms with van der Waals surface area (Å²) in [5.41, 5.74) is 1.67. The van der Waals surface area contributed by atoms with Crippen molar-refractivity contribution in [3.05, 3.63) is 53.5 Å². The predicted octanol–water partition coefficient (Wildman–Crippen LogP) is 3.44. The van der Waals surface area contributed by atoms with E-state index in [1.54, 1.807) is 19.9 Å². The number of thioether (sulfide) groups is 1. The summed E-state index contributed by atoms with van der Waals surface area (Å²) in [4.78, 5) is 29.1. The van der Waals surface area contributed by atoms with Crippen LogP contribution in [0.5, 0.6) is 0 Å². The molecule has 1 aliphatic heterocycles. The summed E-state index contributed by atoms with van der Waals surface area (Å²) in [6, 6.07) is 11.9. The van der Waals surface area contributed by atoms with Crippen LogP contribution in [0.15, 0.2) is 45.2 Å². The van der Waals surface area contributed by atoms with E-state index in [2.05, 4.69) is 32.5 Å². The van der Waals surface area contributed by atoms with E-state index in [0.717, 1.165) is 13.1 Å². The second-order valence-electron chi connectivity index (χ2n) is 7.15. The number of hydrogen-bond acceptors (Lipinski definition) is 8. The predicted molar refractivity (Wildman–Crippen MR) is 122 cm³/mol. The molecule has 0 spiro atoms. The molecule has 0 aliphatic carbocycles. The fraction of sp³-hybridized carbons (Fsp3) is 0.333. The monoisotopic (exact) mass is 457 g/mol. The quantitative estimate of drug-likeness (QED) is 0.448. The Balaban J connectivity index is 1.24. The summed E-state index contributed by atoms with van der Waals surface area (Å²) < 4.78 is 6.04. The van der Waals surface area contributed by atoms with Gasteiger partial charge in [-0.05, 0) is 32.0 Å². The number of benzene rings is 1. The lowest BCUT2D eigenvalue weighted by Crippen LogP contribution is -2.49. The SMILES string of the molecule is Cc1cc(C(=O)Nc2nnc(SCC(=O)N3CCN(c4ccccc4)CC3)s2)c(C)o1. The van der Waals surface area contributed by atoms with Gasteiger partial charge in [0, 0.05) is 31.9 Å². The first kappa shape index (κ1) is 21.4. The number of furan rings is 1. The molecule has 2 amide bonds. The largest absolute Gasteiger partial charge is 0.466 e. The summed E-state index contributed by atoms with van der Waals surface area (Å²) in [7, 11) is 0. The van der Waals surface area contributed by atoms with Crippen LogP contribution < -0.4 is 10.2 Å². The Bertz CT molecular complexity index is 1060. The molecule has 0 atom stereocenters. The first-order chi connectivity index (χ1) is 15.0. The minimum Gasteiger partial charge on any atom is -0.466 e. The molecule has 2 aromatic heterocycles. The molecule has 0 radical (unpaired) electrons. The fourth-order valence-corrected chi connectivity index (χ4v) is 5.06. The number of aromatic nitrogens is 2. The minimum absolute atomic E-state index is 0.0861. The molecule has 0 unspecified atom stereocenters. The maximum absolute atomic E-state index is 12.6. The minimum atomic E-state index is -0.283. The van der Waals surface area contributed by atoms with Gasteiger partial charge in [-0.2, -0.15) is 0 Å². The van der Waals surface area contributed by atoms with E-state index >= 15 is 0 Å². The molecule has 10 heteroatoms. The van der Waals surface area contributed by atoms with Gasteiger partial charge in [0.2, 0.25) is 11.0 Å². The fourth-order valence-electron chi connectivity index (χ4n) is 3.41. The third-order valence-corrected chi connectivity index (χ3v) is 6.94. The van der Waals surface area contributed by atoms with Crippen molar-refractivity contribution in [2.24, 2.45) is 0 Å². The van der Waals surface area contributed by atoms with E-state index < -0.39 is 0 Å². The lowest BCUT2D eigenvalue weighted by atomic mass is 10.2. The Morgan fingerprint density at radius 1 is 1.13 bits per heavy atom. The normalized spacial score (nSPS) is 14.0. The van der Waals surface area contributed by atoms with Crippen molar-refractivity contribution in [1.29, 1.82) is 0 Å². The first-order valence-electron chi connectivity index (χ1n) is 9.92. The number of piperazine rings is 1. The van der Waals surface area contributed by atoms with Gasteiger partial charge in [-0.1, -0.05) is 41.3 Å². The molecule has 3 heterocycles. The van der Waals surface area contributed by atoms with Crippen LogP contribution in [-0.2, 0) is 4.79 Å². The highest BCUT2D eigenvalue weighted by Gasteiger charge is 2.22. The molecule has 31 heavy (non-hydrogen) atoms. The second kappa shape index (κ2) is 9.52. The zero-order valence-corrected chi connectivity index (χ0v) is 19.0. The van der Waals surface area contributed by atoms with E-state index in [-0.39, 0.29) is 11.8 Å². The van der Waals surface area contributed by atoms with Crippen molar-refractivity contribution in [3.8, 4) is 0 Å². The van der Waals surface area contributed by atoms with Gasteiger partial charge in [-0.3, -0.25) is 14.9 Å². The van der Waals surface area contributed by atoms with Gasteiger partial charge in [0.1, 0.15) is 11.5 Å². The highest BCUT2D eigenvalue weighted by Crippen LogP contribution is 2.27. The number of nitrogens with one attached hydrogen (secondary N) is 1. The van der Waals surface area contributed by atoms with Crippen molar-refractivity contribution >= 4 is 45.7 Å². The Morgan fingerprint density at radius 2 is 1.87 bits per heavy atom. The van der Waals surface area contributed by atoms with Crippen LogP contribution in [0.3, 0.4) is 0 Å². The van der Waals surface area contributed by atoms with Crippen molar-refractivity contribution < 1.29 is 14.0 Å². The lowest BCUT2D eigenvalue weighted by Gasteiger charge is -2.36. The zero-order valence-electron chi connectivity index (χ0n) is 17.3.